The summed E-state index contributed by atoms with van der Waals surface area (Å²) in [5.74, 6) is -1.45. The number of carbonyl (C=O) groups excluding carboxylic acids is 3. The van der Waals surface area contributed by atoms with Gasteiger partial charge in [-0.15, -0.1) is 0 Å². The number of ether oxygens (including phenoxy) is 3. The summed E-state index contributed by atoms with van der Waals surface area (Å²) in [6.45, 7) is 4.92. The normalized spacial score (nSPS) is 28.3. The van der Waals surface area contributed by atoms with Crippen molar-refractivity contribution in [2.75, 3.05) is 20.3 Å². The molecule has 11 heteroatoms. The van der Waals surface area contributed by atoms with Gasteiger partial charge in [-0.25, -0.2) is 0 Å². The largest absolute Gasteiger partial charge is 0.511 e. The third-order valence-electron chi connectivity index (χ3n) is 8.40. The standard InChI is InChI=1S/C31H53NO10/c1-20(25(34)24-26(35)21(2)32(4)30(24)39)17-15-13-11-9-7-5-6-8-10-12-14-16-18-40-31-29(38)28(37)27(36)23(42-31)19-41-22(3)33/h20-21,23,27-29,31,34,36-38H,5-19H2,1-4H3/b25-24+/t20?,21?,23-,27-,28+,29+,31-/m1/s1. The van der Waals surface area contributed by atoms with Gasteiger partial charge in [0.25, 0.3) is 5.91 Å². The van der Waals surface area contributed by atoms with Gasteiger partial charge in [-0.3, -0.25) is 14.4 Å². The zero-order valence-corrected chi connectivity index (χ0v) is 25.8. The number of hydrogen-bond acceptors (Lipinski definition) is 10. The molecule has 0 aromatic heterocycles. The van der Waals surface area contributed by atoms with E-state index in [9.17, 15) is 34.8 Å². The van der Waals surface area contributed by atoms with Gasteiger partial charge >= 0.3 is 5.97 Å². The number of likely N-dealkylation sites (N-methyl/N-ethyl adjacent to an activating group) is 1. The molecule has 2 unspecified atom stereocenters. The molecule has 0 aromatic carbocycles. The lowest BCUT2D eigenvalue weighted by Gasteiger charge is -2.39. The minimum atomic E-state index is -1.44. The Morgan fingerprint density at radius 3 is 1.90 bits per heavy atom. The van der Waals surface area contributed by atoms with Crippen LogP contribution in [0.4, 0.5) is 0 Å². The van der Waals surface area contributed by atoms with Crippen molar-refractivity contribution in [1.82, 2.24) is 4.90 Å². The molecule has 2 saturated heterocycles. The number of esters is 1. The van der Waals surface area contributed by atoms with E-state index in [1.807, 2.05) is 6.92 Å². The van der Waals surface area contributed by atoms with E-state index in [0.717, 1.165) is 51.4 Å². The van der Waals surface area contributed by atoms with Crippen LogP contribution in [0, 0.1) is 5.92 Å². The fraction of sp³-hybridized carbons (Fsp3) is 0.839. The van der Waals surface area contributed by atoms with E-state index >= 15 is 0 Å². The van der Waals surface area contributed by atoms with E-state index in [1.165, 1.54) is 43.9 Å². The van der Waals surface area contributed by atoms with Gasteiger partial charge in [0.1, 0.15) is 42.4 Å². The molecule has 0 aromatic rings. The van der Waals surface area contributed by atoms with Gasteiger partial charge in [-0.2, -0.15) is 0 Å². The van der Waals surface area contributed by atoms with Crippen molar-refractivity contribution in [2.45, 2.75) is 141 Å². The van der Waals surface area contributed by atoms with Crippen molar-refractivity contribution in [3.05, 3.63) is 11.3 Å². The number of hydrogen-bond donors (Lipinski definition) is 4. The Bertz CT molecular complexity index is 871. The molecule has 242 valence electrons. The fourth-order valence-electron chi connectivity index (χ4n) is 5.37. The van der Waals surface area contributed by atoms with Crippen LogP contribution in [-0.2, 0) is 28.6 Å². The first-order chi connectivity index (χ1) is 20.0. The maximum Gasteiger partial charge on any atom is 0.302 e. The van der Waals surface area contributed by atoms with Crippen molar-refractivity contribution in [3.63, 3.8) is 0 Å². The Labute approximate surface area is 250 Å². The lowest BCUT2D eigenvalue weighted by molar-refractivity contribution is -0.301. The highest BCUT2D eigenvalue weighted by molar-refractivity contribution is 6.26. The molecule has 0 spiro atoms. The molecule has 0 radical (unpaired) electrons. The summed E-state index contributed by atoms with van der Waals surface area (Å²) in [4.78, 5) is 36.9. The molecule has 1 amide bonds. The average molecular weight is 600 g/mol. The lowest BCUT2D eigenvalue weighted by Crippen LogP contribution is -2.59. The molecule has 0 aliphatic carbocycles. The predicted octanol–water partition coefficient (Wildman–Crippen LogP) is 3.32. The number of ketones is 1. The quantitative estimate of drug-likeness (QED) is 0.0569. The zero-order chi connectivity index (χ0) is 31.2. The highest BCUT2D eigenvalue weighted by Gasteiger charge is 2.44. The number of aliphatic hydroxyl groups is 4. The topological polar surface area (TPSA) is 163 Å². The smallest absolute Gasteiger partial charge is 0.302 e. The second-order valence-electron chi connectivity index (χ2n) is 11.8. The minimum absolute atomic E-state index is 0.0331. The molecular formula is C31H53NO10. The van der Waals surface area contributed by atoms with Gasteiger partial charge in [0.2, 0.25) is 0 Å². The van der Waals surface area contributed by atoms with Crippen LogP contribution in [0.5, 0.6) is 0 Å². The number of Topliss-reactive ketones (excluding diaryl/α,β-unsaturated/α-hetero) is 1. The van der Waals surface area contributed by atoms with E-state index in [-0.39, 0.29) is 35.5 Å². The summed E-state index contributed by atoms with van der Waals surface area (Å²) in [6, 6.07) is -0.510. The van der Waals surface area contributed by atoms with Crippen LogP contribution in [0.25, 0.3) is 0 Å². The summed E-state index contributed by atoms with van der Waals surface area (Å²) in [5.41, 5.74) is -0.0331. The van der Waals surface area contributed by atoms with E-state index < -0.39 is 42.7 Å². The summed E-state index contributed by atoms with van der Waals surface area (Å²) >= 11 is 0. The molecule has 0 saturated carbocycles. The third kappa shape index (κ3) is 10.9. The number of likely N-dealkylation sites (tertiary alicyclic amines) is 1. The summed E-state index contributed by atoms with van der Waals surface area (Å²) in [5, 5.41) is 40.6. The molecule has 4 N–H and O–H groups in total. The number of unbranched alkanes of at least 4 members (excludes halogenated alkanes) is 11. The number of amides is 1. The first-order valence-electron chi connectivity index (χ1n) is 15.7. The first kappa shape index (κ1) is 36.1. The van der Waals surface area contributed by atoms with Crippen LogP contribution in [0.15, 0.2) is 11.3 Å². The Morgan fingerprint density at radius 2 is 1.40 bits per heavy atom. The Balaban J connectivity index is 1.44. The summed E-state index contributed by atoms with van der Waals surface area (Å²) < 4.78 is 15.9. The van der Waals surface area contributed by atoms with Crippen LogP contribution >= 0.6 is 0 Å². The van der Waals surface area contributed by atoms with E-state index in [0.29, 0.717) is 6.61 Å². The molecule has 2 aliphatic rings. The Kier molecular flexibility index (Phi) is 16.0. The molecular weight excluding hydrogens is 546 g/mol. The van der Waals surface area contributed by atoms with Gasteiger partial charge in [0, 0.05) is 26.5 Å². The van der Waals surface area contributed by atoms with Gasteiger partial charge in [-0.1, -0.05) is 77.6 Å². The van der Waals surface area contributed by atoms with Crippen molar-refractivity contribution < 1.29 is 49.0 Å². The Hall–Kier alpha value is -2.05. The SMILES string of the molecule is CC(=O)OC[C@H]1O[C@@H](OCCCCCCCCCCCCCCC(C)/C(O)=C2/C(=O)C(C)N(C)C2=O)[C@@H](O)[C@@H](O)[C@@H]1O. The second-order valence-corrected chi connectivity index (χ2v) is 11.8. The summed E-state index contributed by atoms with van der Waals surface area (Å²) in [6.07, 6.45) is 7.66. The molecule has 42 heavy (non-hydrogen) atoms. The van der Waals surface area contributed by atoms with Gasteiger partial charge in [0.05, 0.1) is 6.04 Å². The van der Waals surface area contributed by atoms with Crippen molar-refractivity contribution >= 4 is 17.7 Å². The monoisotopic (exact) mass is 599 g/mol. The van der Waals surface area contributed by atoms with Crippen LogP contribution in [0.2, 0.25) is 0 Å². The van der Waals surface area contributed by atoms with Crippen LogP contribution < -0.4 is 0 Å². The molecule has 7 atom stereocenters. The number of nitrogens with zero attached hydrogens (tertiary/aromatic N) is 1. The van der Waals surface area contributed by atoms with Gasteiger partial charge in [0.15, 0.2) is 12.1 Å². The van der Waals surface area contributed by atoms with E-state index in [2.05, 4.69) is 0 Å². The lowest BCUT2D eigenvalue weighted by atomic mass is 9.95. The van der Waals surface area contributed by atoms with Gasteiger partial charge < -0.3 is 39.5 Å². The number of allylic oxidation sites excluding steroid dienone is 1. The minimum Gasteiger partial charge on any atom is -0.511 e. The maximum atomic E-state index is 12.3. The van der Waals surface area contributed by atoms with Crippen LogP contribution in [-0.4, -0.2) is 100.0 Å². The number of carbonyl (C=O) groups is 3. The first-order valence-corrected chi connectivity index (χ1v) is 15.7. The number of aliphatic hydroxyl groups excluding tert-OH is 4. The molecule has 2 fully saturated rings. The zero-order valence-electron chi connectivity index (χ0n) is 25.8. The van der Waals surface area contributed by atoms with Crippen LogP contribution in [0.1, 0.15) is 104 Å². The molecule has 2 heterocycles. The molecule has 2 aliphatic heterocycles. The Morgan fingerprint density at radius 1 is 0.881 bits per heavy atom. The van der Waals surface area contributed by atoms with Crippen LogP contribution in [0.3, 0.4) is 0 Å². The van der Waals surface area contributed by atoms with Crippen molar-refractivity contribution in [2.24, 2.45) is 5.92 Å². The highest BCUT2D eigenvalue weighted by Crippen LogP contribution is 2.27. The third-order valence-corrected chi connectivity index (χ3v) is 8.40. The predicted molar refractivity (Wildman–Crippen MR) is 155 cm³/mol. The highest BCUT2D eigenvalue weighted by atomic mass is 16.7. The molecule has 2 rings (SSSR count). The van der Waals surface area contributed by atoms with Gasteiger partial charge in [-0.05, 0) is 19.8 Å². The second kappa shape index (κ2) is 18.6. The maximum absolute atomic E-state index is 12.3. The van der Waals surface area contributed by atoms with Crippen molar-refractivity contribution in [1.29, 1.82) is 0 Å². The average Bonchev–Trinajstić information content (AvgIpc) is 3.15. The van der Waals surface area contributed by atoms with E-state index in [1.54, 1.807) is 14.0 Å². The fourth-order valence-corrected chi connectivity index (χ4v) is 5.37. The molecule has 11 nitrogen and oxygen atoms in total. The van der Waals surface area contributed by atoms with Crippen molar-refractivity contribution in [3.8, 4) is 0 Å². The van der Waals surface area contributed by atoms with E-state index in [4.69, 9.17) is 14.2 Å². The summed E-state index contributed by atoms with van der Waals surface area (Å²) in [7, 11) is 1.59. The molecule has 0 bridgehead atoms. The number of rotatable bonds is 19.